The first-order valence-electron chi connectivity index (χ1n) is 9.00. The van der Waals surface area contributed by atoms with Crippen LogP contribution in [0.2, 0.25) is 5.02 Å². The van der Waals surface area contributed by atoms with Gasteiger partial charge in [-0.15, -0.1) is 0 Å². The van der Waals surface area contributed by atoms with Crippen LogP contribution < -0.4 is 9.62 Å². The molecule has 0 aliphatic carbocycles. The minimum Gasteiger partial charge on any atom is -0.352 e. The molecule has 1 N–H and O–H groups in total. The van der Waals surface area contributed by atoms with Gasteiger partial charge in [-0.2, -0.15) is 0 Å². The molecule has 0 radical (unpaired) electrons. The fraction of sp³-hybridized carbons (Fsp3) is 0.350. The van der Waals surface area contributed by atoms with Crippen molar-refractivity contribution in [1.82, 2.24) is 5.32 Å². The number of amides is 1. The Kier molecular flexibility index (Phi) is 6.07. The summed E-state index contributed by atoms with van der Waals surface area (Å²) in [6.45, 7) is 2.82. The van der Waals surface area contributed by atoms with Gasteiger partial charge in [-0.05, 0) is 61.6 Å². The van der Waals surface area contributed by atoms with Crippen LogP contribution in [0.3, 0.4) is 0 Å². The number of nitrogens with one attached hydrogen (secondary N) is 1. The molecule has 1 aliphatic rings. The van der Waals surface area contributed by atoms with E-state index in [1.807, 2.05) is 31.2 Å². The van der Waals surface area contributed by atoms with Crippen molar-refractivity contribution in [3.8, 4) is 0 Å². The number of benzene rings is 2. The number of carbonyl (C=O) groups is 1. The van der Waals surface area contributed by atoms with E-state index in [0.29, 0.717) is 42.2 Å². The van der Waals surface area contributed by atoms with Crippen LogP contribution in [0.4, 0.5) is 5.69 Å². The number of nitrogens with zero attached hydrogens (tertiary/aromatic N) is 1. The normalized spacial score (nSPS) is 16.1. The highest BCUT2D eigenvalue weighted by Gasteiger charge is 2.27. The monoisotopic (exact) mass is 406 g/mol. The maximum absolute atomic E-state index is 12.5. The van der Waals surface area contributed by atoms with Crippen LogP contribution in [-0.2, 0) is 16.4 Å². The summed E-state index contributed by atoms with van der Waals surface area (Å²) in [5.41, 5.74) is 2.99. The molecule has 7 heteroatoms. The van der Waals surface area contributed by atoms with Crippen molar-refractivity contribution in [2.24, 2.45) is 0 Å². The van der Waals surface area contributed by atoms with Gasteiger partial charge in [0.2, 0.25) is 10.0 Å². The Morgan fingerprint density at radius 3 is 2.59 bits per heavy atom. The number of sulfonamides is 1. The summed E-state index contributed by atoms with van der Waals surface area (Å²) in [7, 11) is -3.31. The Hall–Kier alpha value is -2.05. The number of carbonyl (C=O) groups excluding carboxylic acids is 1. The van der Waals surface area contributed by atoms with E-state index in [1.54, 1.807) is 18.2 Å². The van der Waals surface area contributed by atoms with Gasteiger partial charge in [-0.25, -0.2) is 8.42 Å². The Bertz CT molecular complexity index is 927. The molecular weight excluding hydrogens is 384 g/mol. The largest absolute Gasteiger partial charge is 0.352 e. The first-order valence-corrected chi connectivity index (χ1v) is 11.0. The molecule has 3 rings (SSSR count). The summed E-state index contributed by atoms with van der Waals surface area (Å²) in [4.78, 5) is 12.5. The smallest absolute Gasteiger partial charge is 0.251 e. The maximum Gasteiger partial charge on any atom is 0.251 e. The molecule has 1 heterocycles. The zero-order chi connectivity index (χ0) is 19.4. The molecule has 0 unspecified atom stereocenters. The summed E-state index contributed by atoms with van der Waals surface area (Å²) < 4.78 is 26.2. The molecule has 144 valence electrons. The van der Waals surface area contributed by atoms with Crippen molar-refractivity contribution in [2.45, 2.75) is 26.2 Å². The van der Waals surface area contributed by atoms with Crippen molar-refractivity contribution in [1.29, 1.82) is 0 Å². The van der Waals surface area contributed by atoms with Gasteiger partial charge >= 0.3 is 0 Å². The topological polar surface area (TPSA) is 66.5 Å². The van der Waals surface area contributed by atoms with Gasteiger partial charge in [0.15, 0.2) is 0 Å². The molecular formula is C20H23ClN2O3S. The van der Waals surface area contributed by atoms with E-state index in [0.717, 1.165) is 17.5 Å². The zero-order valence-electron chi connectivity index (χ0n) is 15.2. The molecule has 0 aromatic heterocycles. The Labute approximate surface area is 165 Å². The number of hydrogen-bond donors (Lipinski definition) is 1. The van der Waals surface area contributed by atoms with Gasteiger partial charge in [0.25, 0.3) is 5.91 Å². The van der Waals surface area contributed by atoms with Gasteiger partial charge < -0.3 is 5.32 Å². The molecule has 2 aromatic rings. The highest BCUT2D eigenvalue weighted by Crippen LogP contribution is 2.28. The second kappa shape index (κ2) is 8.31. The third-order valence-corrected chi connectivity index (χ3v) is 6.81. The highest BCUT2D eigenvalue weighted by molar-refractivity contribution is 7.92. The lowest BCUT2D eigenvalue weighted by molar-refractivity contribution is 0.0954. The summed E-state index contributed by atoms with van der Waals surface area (Å²) in [5.74, 6) is -0.0520. The SMILES string of the molecule is Cc1ccc(C(=O)NCCc2ccc(Cl)cc2)cc1N1CCCCS1(=O)=O. The summed E-state index contributed by atoms with van der Waals surface area (Å²) in [5, 5.41) is 3.58. The van der Waals surface area contributed by atoms with E-state index in [2.05, 4.69) is 5.32 Å². The Morgan fingerprint density at radius 2 is 1.89 bits per heavy atom. The highest BCUT2D eigenvalue weighted by atomic mass is 35.5. The number of anilines is 1. The molecule has 0 saturated carbocycles. The third-order valence-electron chi connectivity index (χ3n) is 4.70. The first kappa shape index (κ1) is 19.7. The predicted octanol–water partition coefficient (Wildman–Crippen LogP) is 3.55. The lowest BCUT2D eigenvalue weighted by atomic mass is 10.1. The average Bonchev–Trinajstić information content (AvgIpc) is 2.64. The quantitative estimate of drug-likeness (QED) is 0.825. The first-order chi connectivity index (χ1) is 12.9. The fourth-order valence-corrected chi connectivity index (χ4v) is 4.97. The van der Waals surface area contributed by atoms with E-state index in [1.165, 1.54) is 4.31 Å². The van der Waals surface area contributed by atoms with Crippen LogP contribution in [-0.4, -0.2) is 33.2 Å². The second-order valence-corrected chi connectivity index (χ2v) is 9.18. The van der Waals surface area contributed by atoms with Gasteiger partial charge in [-0.1, -0.05) is 29.8 Å². The van der Waals surface area contributed by atoms with Crippen LogP contribution in [0.5, 0.6) is 0 Å². The van der Waals surface area contributed by atoms with Gasteiger partial charge in [0.1, 0.15) is 0 Å². The third kappa shape index (κ3) is 4.82. The zero-order valence-corrected chi connectivity index (χ0v) is 16.8. The molecule has 1 saturated heterocycles. The summed E-state index contributed by atoms with van der Waals surface area (Å²) in [6.07, 6.45) is 2.21. The Balaban J connectivity index is 1.69. The van der Waals surface area contributed by atoms with Gasteiger partial charge in [0, 0.05) is 23.7 Å². The second-order valence-electron chi connectivity index (χ2n) is 6.73. The van der Waals surface area contributed by atoms with Crippen LogP contribution >= 0.6 is 11.6 Å². The van der Waals surface area contributed by atoms with E-state index < -0.39 is 10.0 Å². The van der Waals surface area contributed by atoms with Crippen molar-refractivity contribution >= 4 is 33.2 Å². The van der Waals surface area contributed by atoms with Gasteiger partial charge in [-0.3, -0.25) is 9.10 Å². The fourth-order valence-electron chi connectivity index (χ4n) is 3.15. The molecule has 1 amide bonds. The van der Waals surface area contributed by atoms with Crippen LogP contribution in [0.25, 0.3) is 0 Å². The number of rotatable bonds is 5. The van der Waals surface area contributed by atoms with Gasteiger partial charge in [0.05, 0.1) is 11.4 Å². The van der Waals surface area contributed by atoms with Crippen molar-refractivity contribution in [3.05, 3.63) is 64.2 Å². The Morgan fingerprint density at radius 1 is 1.15 bits per heavy atom. The molecule has 0 spiro atoms. The van der Waals surface area contributed by atoms with Crippen LogP contribution in [0, 0.1) is 6.92 Å². The lowest BCUT2D eigenvalue weighted by Gasteiger charge is -2.29. The van der Waals surface area contributed by atoms with Crippen molar-refractivity contribution < 1.29 is 13.2 Å². The molecule has 5 nitrogen and oxygen atoms in total. The number of hydrogen-bond acceptors (Lipinski definition) is 3. The van der Waals surface area contributed by atoms with E-state index in [-0.39, 0.29) is 11.7 Å². The van der Waals surface area contributed by atoms with E-state index in [4.69, 9.17) is 11.6 Å². The minimum absolute atomic E-state index is 0.157. The average molecular weight is 407 g/mol. The van der Waals surface area contributed by atoms with Crippen molar-refractivity contribution in [3.63, 3.8) is 0 Å². The minimum atomic E-state index is -3.31. The summed E-state index contributed by atoms with van der Waals surface area (Å²) >= 11 is 5.87. The number of aryl methyl sites for hydroxylation is 1. The molecule has 1 aliphatic heterocycles. The predicted molar refractivity (Wildman–Crippen MR) is 109 cm³/mol. The van der Waals surface area contributed by atoms with E-state index >= 15 is 0 Å². The molecule has 0 bridgehead atoms. The van der Waals surface area contributed by atoms with E-state index in [9.17, 15) is 13.2 Å². The molecule has 0 atom stereocenters. The summed E-state index contributed by atoms with van der Waals surface area (Å²) in [6, 6.07) is 12.7. The van der Waals surface area contributed by atoms with Crippen LogP contribution in [0.1, 0.15) is 34.3 Å². The standard InChI is InChI=1S/C20H23ClN2O3S/c1-15-4-7-17(14-19(15)23-12-2-3-13-27(23,25)26)20(24)22-11-10-16-5-8-18(21)9-6-16/h4-9,14H,2-3,10-13H2,1H3,(H,22,24). The van der Waals surface area contributed by atoms with Crippen molar-refractivity contribution in [2.75, 3.05) is 23.1 Å². The lowest BCUT2D eigenvalue weighted by Crippen LogP contribution is -2.38. The maximum atomic E-state index is 12.5. The number of halogens is 1. The van der Waals surface area contributed by atoms with Crippen LogP contribution in [0.15, 0.2) is 42.5 Å². The molecule has 1 fully saturated rings. The molecule has 27 heavy (non-hydrogen) atoms. The molecule has 2 aromatic carbocycles.